The maximum Gasteiger partial charge on any atom is 0.289 e. The van der Waals surface area contributed by atoms with Crippen molar-refractivity contribution in [3.63, 3.8) is 0 Å². The first kappa shape index (κ1) is 17.7. The van der Waals surface area contributed by atoms with Crippen LogP contribution in [0.1, 0.15) is 12.0 Å². The number of fused-ring (bicyclic) bond motifs is 1. The number of thioether (sulfide) groups is 1. The number of anilines is 1. The lowest BCUT2D eigenvalue weighted by atomic mass is 10.0. The molecule has 0 spiro atoms. The van der Waals surface area contributed by atoms with Crippen molar-refractivity contribution in [2.24, 2.45) is 0 Å². The topological polar surface area (TPSA) is 79.4 Å². The van der Waals surface area contributed by atoms with Gasteiger partial charge in [0, 0.05) is 18.0 Å². The number of hydrogen-bond acceptors (Lipinski definition) is 6. The molecule has 8 heteroatoms. The zero-order valence-corrected chi connectivity index (χ0v) is 15.8. The van der Waals surface area contributed by atoms with Gasteiger partial charge < -0.3 is 5.32 Å². The lowest BCUT2D eigenvalue weighted by Gasteiger charge is -2.15. The van der Waals surface area contributed by atoms with Gasteiger partial charge in [0.15, 0.2) is 5.13 Å². The Morgan fingerprint density at radius 3 is 2.78 bits per heavy atom. The number of carbonyl (C=O) groups excluding carboxylic acids is 3. The Labute approximate surface area is 163 Å². The van der Waals surface area contributed by atoms with Crippen LogP contribution in [-0.4, -0.2) is 32.2 Å². The molecule has 0 bridgehead atoms. The molecular formula is C19H15N3O3S2. The Morgan fingerprint density at radius 2 is 1.96 bits per heavy atom. The third-order valence-electron chi connectivity index (χ3n) is 4.26. The summed E-state index contributed by atoms with van der Waals surface area (Å²) in [6.45, 7) is 0.205. The van der Waals surface area contributed by atoms with Gasteiger partial charge >= 0.3 is 0 Å². The lowest BCUT2D eigenvalue weighted by Crippen LogP contribution is -2.32. The van der Waals surface area contributed by atoms with Crippen LogP contribution in [0.3, 0.4) is 0 Å². The fourth-order valence-electron chi connectivity index (χ4n) is 3.00. The maximum absolute atomic E-state index is 12.7. The fourth-order valence-corrected chi connectivity index (χ4v) is 4.53. The second-order valence-corrected chi connectivity index (χ2v) is 8.07. The summed E-state index contributed by atoms with van der Waals surface area (Å²) in [5.41, 5.74) is 0.906. The van der Waals surface area contributed by atoms with E-state index < -0.39 is 5.25 Å². The third-order valence-corrected chi connectivity index (χ3v) is 6.03. The molecule has 0 saturated carbocycles. The molecular weight excluding hydrogens is 382 g/mol. The zero-order valence-electron chi connectivity index (χ0n) is 14.1. The van der Waals surface area contributed by atoms with E-state index >= 15 is 0 Å². The van der Waals surface area contributed by atoms with Crippen molar-refractivity contribution in [2.75, 3.05) is 5.32 Å². The van der Waals surface area contributed by atoms with E-state index in [9.17, 15) is 14.4 Å². The van der Waals surface area contributed by atoms with Gasteiger partial charge in [-0.3, -0.25) is 19.3 Å². The fraction of sp³-hybridized carbons (Fsp3) is 0.158. The van der Waals surface area contributed by atoms with Crippen molar-refractivity contribution < 1.29 is 14.4 Å². The predicted octanol–water partition coefficient (Wildman–Crippen LogP) is 3.89. The lowest BCUT2D eigenvalue weighted by molar-refractivity contribution is -0.129. The Bertz CT molecular complexity index is 1010. The van der Waals surface area contributed by atoms with Gasteiger partial charge in [-0.2, -0.15) is 0 Å². The molecule has 2 aromatic carbocycles. The van der Waals surface area contributed by atoms with E-state index in [2.05, 4.69) is 10.3 Å². The van der Waals surface area contributed by atoms with Crippen LogP contribution in [0, 0.1) is 0 Å². The van der Waals surface area contributed by atoms with Crippen LogP contribution in [0.5, 0.6) is 0 Å². The van der Waals surface area contributed by atoms with Gasteiger partial charge in [0.1, 0.15) is 5.25 Å². The number of hydrogen-bond donors (Lipinski definition) is 1. The Morgan fingerprint density at radius 1 is 1.15 bits per heavy atom. The molecule has 1 atom stereocenters. The summed E-state index contributed by atoms with van der Waals surface area (Å²) in [7, 11) is 0. The third kappa shape index (κ3) is 3.72. The molecule has 0 radical (unpaired) electrons. The van der Waals surface area contributed by atoms with Crippen molar-refractivity contribution >= 4 is 56.1 Å². The molecule has 4 rings (SSSR count). The van der Waals surface area contributed by atoms with Crippen LogP contribution < -0.4 is 5.32 Å². The highest BCUT2D eigenvalue weighted by Gasteiger charge is 2.40. The molecule has 1 saturated heterocycles. The van der Waals surface area contributed by atoms with Crippen LogP contribution in [0.15, 0.2) is 54.0 Å². The number of benzene rings is 2. The number of nitrogens with zero attached hydrogens (tertiary/aromatic N) is 2. The standard InChI is InChI=1S/C19H15N3O3S2/c23-16(21-18-20-8-9-26-18)10-15-17(24)22(19(25)27-15)11-13-6-3-5-12-4-1-2-7-14(12)13/h1-9,15H,10-11H2,(H,20,21,23). The van der Waals surface area contributed by atoms with Crippen LogP contribution in [0.25, 0.3) is 10.8 Å². The molecule has 3 aromatic rings. The van der Waals surface area contributed by atoms with Gasteiger partial charge in [-0.15, -0.1) is 11.3 Å². The van der Waals surface area contributed by atoms with Crippen molar-refractivity contribution in [2.45, 2.75) is 18.2 Å². The van der Waals surface area contributed by atoms with Crippen molar-refractivity contribution in [3.8, 4) is 0 Å². The number of aromatic nitrogens is 1. The van der Waals surface area contributed by atoms with Gasteiger partial charge in [0.25, 0.3) is 5.24 Å². The van der Waals surface area contributed by atoms with E-state index in [1.165, 1.54) is 16.2 Å². The summed E-state index contributed by atoms with van der Waals surface area (Å²) in [5.74, 6) is -0.650. The van der Waals surface area contributed by atoms with E-state index in [1.807, 2.05) is 42.5 Å². The van der Waals surface area contributed by atoms with Crippen molar-refractivity contribution in [1.82, 2.24) is 9.88 Å². The van der Waals surface area contributed by atoms with Crippen LogP contribution in [0.2, 0.25) is 0 Å². The minimum atomic E-state index is -0.701. The Balaban J connectivity index is 1.47. The van der Waals surface area contributed by atoms with Crippen molar-refractivity contribution in [3.05, 3.63) is 59.6 Å². The number of carbonyl (C=O) groups is 3. The molecule has 1 aliphatic heterocycles. The zero-order chi connectivity index (χ0) is 18.8. The molecule has 6 nitrogen and oxygen atoms in total. The summed E-state index contributed by atoms with van der Waals surface area (Å²) in [6, 6.07) is 13.7. The molecule has 136 valence electrons. The number of imide groups is 1. The highest BCUT2D eigenvalue weighted by Crippen LogP contribution is 2.32. The molecule has 1 aliphatic rings. The molecule has 2 heterocycles. The summed E-state index contributed by atoms with van der Waals surface area (Å²) in [6.07, 6.45) is 1.53. The highest BCUT2D eigenvalue weighted by atomic mass is 32.2. The quantitative estimate of drug-likeness (QED) is 0.707. The van der Waals surface area contributed by atoms with E-state index in [-0.39, 0.29) is 30.0 Å². The van der Waals surface area contributed by atoms with E-state index in [1.54, 1.807) is 11.6 Å². The van der Waals surface area contributed by atoms with E-state index in [0.717, 1.165) is 28.1 Å². The highest BCUT2D eigenvalue weighted by molar-refractivity contribution is 8.15. The molecule has 1 fully saturated rings. The Hall–Kier alpha value is -2.71. The molecule has 1 unspecified atom stereocenters. The smallest absolute Gasteiger partial charge is 0.289 e. The second-order valence-electron chi connectivity index (χ2n) is 6.02. The number of nitrogens with one attached hydrogen (secondary N) is 1. The number of rotatable bonds is 5. The second kappa shape index (κ2) is 7.50. The van der Waals surface area contributed by atoms with Gasteiger partial charge in [-0.25, -0.2) is 4.98 Å². The predicted molar refractivity (Wildman–Crippen MR) is 107 cm³/mol. The molecule has 3 amide bonds. The number of thiazole rings is 1. The van der Waals surface area contributed by atoms with Crippen molar-refractivity contribution in [1.29, 1.82) is 0 Å². The largest absolute Gasteiger partial charge is 0.302 e. The first-order valence-electron chi connectivity index (χ1n) is 8.30. The minimum Gasteiger partial charge on any atom is -0.302 e. The average Bonchev–Trinajstić information content (AvgIpc) is 3.26. The first-order chi connectivity index (χ1) is 13.1. The van der Waals surface area contributed by atoms with Gasteiger partial charge in [0.05, 0.1) is 6.54 Å². The number of amides is 3. The maximum atomic E-state index is 12.7. The van der Waals surface area contributed by atoms with Crippen LogP contribution in [-0.2, 0) is 16.1 Å². The molecule has 27 heavy (non-hydrogen) atoms. The summed E-state index contributed by atoms with van der Waals surface area (Å²) < 4.78 is 0. The first-order valence-corrected chi connectivity index (χ1v) is 10.1. The monoisotopic (exact) mass is 397 g/mol. The summed E-state index contributed by atoms with van der Waals surface area (Å²) in [5, 5.41) is 5.92. The SMILES string of the molecule is O=C(CC1SC(=O)N(Cc2cccc3ccccc23)C1=O)Nc1nccs1. The van der Waals surface area contributed by atoms with Gasteiger partial charge in [-0.05, 0) is 16.3 Å². The van der Waals surface area contributed by atoms with Gasteiger partial charge in [-0.1, -0.05) is 54.2 Å². The van der Waals surface area contributed by atoms with Crippen LogP contribution in [0.4, 0.5) is 9.93 Å². The average molecular weight is 397 g/mol. The van der Waals surface area contributed by atoms with E-state index in [0.29, 0.717) is 5.13 Å². The molecule has 0 aliphatic carbocycles. The minimum absolute atomic E-state index is 0.0547. The molecule has 1 N–H and O–H groups in total. The van der Waals surface area contributed by atoms with Crippen LogP contribution >= 0.6 is 23.1 Å². The van der Waals surface area contributed by atoms with E-state index in [4.69, 9.17) is 0 Å². The summed E-state index contributed by atoms with van der Waals surface area (Å²) in [4.78, 5) is 42.4. The Kier molecular flexibility index (Phi) is 4.91. The normalized spacial score (nSPS) is 16.9. The molecule has 1 aromatic heterocycles. The summed E-state index contributed by atoms with van der Waals surface area (Å²) >= 11 is 2.21. The van der Waals surface area contributed by atoms with Gasteiger partial charge in [0.2, 0.25) is 11.8 Å².